The number of allylic oxidation sites excluding steroid dienone is 2. The normalized spacial score (nSPS) is 35.7. The molecule has 2 rings (SSSR count). The van der Waals surface area contributed by atoms with Gasteiger partial charge in [0, 0.05) is 25.2 Å². The van der Waals surface area contributed by atoms with E-state index in [1.807, 2.05) is 12.3 Å². The van der Waals surface area contributed by atoms with Gasteiger partial charge >= 0.3 is 5.97 Å². The van der Waals surface area contributed by atoms with Gasteiger partial charge in [0.2, 0.25) is 5.91 Å². The van der Waals surface area contributed by atoms with Crippen LogP contribution in [0.2, 0.25) is 0 Å². The minimum atomic E-state index is -0.344. The Morgan fingerprint density at radius 1 is 1.53 bits per heavy atom. The summed E-state index contributed by atoms with van der Waals surface area (Å²) in [5.41, 5.74) is 0. The zero-order valence-corrected chi connectivity index (χ0v) is 10.3. The SMILES string of the molecule is COC(=O)/C=C/[C@H]1C2C=CN(C)C(=O)C2[C@@H]1C. The lowest BCUT2D eigenvalue weighted by Gasteiger charge is -2.50. The van der Waals surface area contributed by atoms with E-state index in [2.05, 4.69) is 17.7 Å². The van der Waals surface area contributed by atoms with Crippen molar-refractivity contribution < 1.29 is 14.3 Å². The van der Waals surface area contributed by atoms with Gasteiger partial charge in [-0.05, 0) is 17.8 Å². The number of hydrogen-bond donors (Lipinski definition) is 0. The number of carbonyl (C=O) groups excluding carboxylic acids is 2. The summed E-state index contributed by atoms with van der Waals surface area (Å²) >= 11 is 0. The average molecular weight is 235 g/mol. The van der Waals surface area contributed by atoms with Crippen LogP contribution in [-0.2, 0) is 14.3 Å². The number of rotatable bonds is 2. The number of fused-ring (bicyclic) bond motifs is 1. The largest absolute Gasteiger partial charge is 0.466 e. The van der Waals surface area contributed by atoms with Gasteiger partial charge < -0.3 is 9.64 Å². The van der Waals surface area contributed by atoms with Crippen molar-refractivity contribution in [3.05, 3.63) is 24.4 Å². The van der Waals surface area contributed by atoms with Crippen LogP contribution >= 0.6 is 0 Å². The van der Waals surface area contributed by atoms with Gasteiger partial charge in [0.15, 0.2) is 0 Å². The van der Waals surface area contributed by atoms with Gasteiger partial charge in [-0.3, -0.25) is 4.79 Å². The van der Waals surface area contributed by atoms with Gasteiger partial charge in [0.25, 0.3) is 0 Å². The van der Waals surface area contributed by atoms with E-state index < -0.39 is 0 Å². The molecule has 0 N–H and O–H groups in total. The molecule has 2 unspecified atom stereocenters. The second-order valence-corrected chi connectivity index (χ2v) is 4.71. The van der Waals surface area contributed by atoms with Crippen LogP contribution in [0.15, 0.2) is 24.4 Å². The molecule has 0 spiro atoms. The van der Waals surface area contributed by atoms with E-state index in [1.165, 1.54) is 13.2 Å². The molecule has 1 saturated carbocycles. The number of carbonyl (C=O) groups is 2. The lowest BCUT2D eigenvalue weighted by molar-refractivity contribution is -0.144. The third-order valence-electron chi connectivity index (χ3n) is 3.85. The highest BCUT2D eigenvalue weighted by atomic mass is 16.5. The number of hydrogen-bond acceptors (Lipinski definition) is 3. The van der Waals surface area contributed by atoms with Crippen molar-refractivity contribution in [2.75, 3.05) is 14.2 Å². The Morgan fingerprint density at radius 2 is 2.24 bits per heavy atom. The fourth-order valence-electron chi connectivity index (χ4n) is 2.77. The fraction of sp³-hybridized carbons (Fsp3) is 0.538. The minimum Gasteiger partial charge on any atom is -0.466 e. The van der Waals surface area contributed by atoms with Gasteiger partial charge in [-0.25, -0.2) is 4.79 Å². The van der Waals surface area contributed by atoms with E-state index in [4.69, 9.17) is 0 Å². The van der Waals surface area contributed by atoms with Crippen LogP contribution in [0.25, 0.3) is 0 Å². The fourth-order valence-corrected chi connectivity index (χ4v) is 2.77. The van der Waals surface area contributed by atoms with Crippen LogP contribution < -0.4 is 0 Å². The third-order valence-corrected chi connectivity index (χ3v) is 3.85. The third kappa shape index (κ3) is 1.88. The molecule has 1 heterocycles. The molecule has 1 aliphatic carbocycles. The second kappa shape index (κ2) is 4.35. The quantitative estimate of drug-likeness (QED) is 0.533. The zero-order chi connectivity index (χ0) is 12.6. The molecular formula is C13H17NO3. The molecule has 17 heavy (non-hydrogen) atoms. The predicted octanol–water partition coefficient (Wildman–Crippen LogP) is 1.20. The van der Waals surface area contributed by atoms with Crippen molar-refractivity contribution in [3.63, 3.8) is 0 Å². The van der Waals surface area contributed by atoms with Crippen LogP contribution in [0, 0.1) is 23.7 Å². The first-order valence-corrected chi connectivity index (χ1v) is 5.77. The summed E-state index contributed by atoms with van der Waals surface area (Å²) in [4.78, 5) is 24.6. The standard InChI is InChI=1S/C13H17NO3/c1-8-9(4-5-11(15)17-3)10-6-7-14(2)13(16)12(8)10/h4-10,12H,1-3H3/b5-4+/t8-,9-,10?,12?/m1/s1. The van der Waals surface area contributed by atoms with Crippen molar-refractivity contribution in [2.24, 2.45) is 23.7 Å². The lowest BCUT2D eigenvalue weighted by Crippen LogP contribution is -2.53. The van der Waals surface area contributed by atoms with Crippen molar-refractivity contribution in [2.45, 2.75) is 6.92 Å². The summed E-state index contributed by atoms with van der Waals surface area (Å²) in [5, 5.41) is 0. The molecule has 0 aromatic rings. The Bertz CT molecular complexity index is 399. The van der Waals surface area contributed by atoms with E-state index in [0.29, 0.717) is 0 Å². The van der Waals surface area contributed by atoms with Crippen LogP contribution in [0.5, 0.6) is 0 Å². The summed E-state index contributed by atoms with van der Waals surface area (Å²) < 4.78 is 4.56. The molecule has 4 nitrogen and oxygen atoms in total. The molecule has 0 bridgehead atoms. The van der Waals surface area contributed by atoms with Crippen molar-refractivity contribution in [1.82, 2.24) is 4.90 Å². The van der Waals surface area contributed by atoms with E-state index in [0.717, 1.165) is 0 Å². The van der Waals surface area contributed by atoms with Crippen LogP contribution in [0.3, 0.4) is 0 Å². The zero-order valence-electron chi connectivity index (χ0n) is 10.3. The Kier molecular flexibility index (Phi) is 3.05. The Hall–Kier alpha value is -1.58. The molecule has 1 fully saturated rings. The highest BCUT2D eigenvalue weighted by molar-refractivity contribution is 5.84. The maximum absolute atomic E-state index is 11.9. The van der Waals surface area contributed by atoms with E-state index >= 15 is 0 Å². The first-order valence-electron chi connectivity index (χ1n) is 5.77. The Morgan fingerprint density at radius 3 is 2.88 bits per heavy atom. The lowest BCUT2D eigenvalue weighted by atomic mass is 9.56. The molecule has 92 valence electrons. The molecule has 1 amide bonds. The van der Waals surface area contributed by atoms with Crippen LogP contribution in [0.1, 0.15) is 6.92 Å². The number of esters is 1. The predicted molar refractivity (Wildman–Crippen MR) is 62.7 cm³/mol. The second-order valence-electron chi connectivity index (χ2n) is 4.71. The molecule has 0 aromatic heterocycles. The molecule has 1 aliphatic heterocycles. The van der Waals surface area contributed by atoms with E-state index in [-0.39, 0.29) is 35.5 Å². The van der Waals surface area contributed by atoms with Crippen molar-refractivity contribution in [1.29, 1.82) is 0 Å². The average Bonchev–Trinajstić information content (AvgIpc) is 2.32. The molecule has 0 saturated heterocycles. The highest BCUT2D eigenvalue weighted by Crippen LogP contribution is 2.49. The van der Waals surface area contributed by atoms with Crippen LogP contribution in [0.4, 0.5) is 0 Å². The summed E-state index contributed by atoms with van der Waals surface area (Å²) in [5.74, 6) is 0.664. The topological polar surface area (TPSA) is 46.6 Å². The first-order chi connectivity index (χ1) is 8.06. The molecule has 4 atom stereocenters. The van der Waals surface area contributed by atoms with Gasteiger partial charge in [0.1, 0.15) is 0 Å². The summed E-state index contributed by atoms with van der Waals surface area (Å²) in [7, 11) is 3.14. The Balaban J connectivity index is 2.09. The Labute approximate surface area is 101 Å². The summed E-state index contributed by atoms with van der Waals surface area (Å²) in [6.45, 7) is 2.05. The van der Waals surface area contributed by atoms with Crippen molar-refractivity contribution in [3.8, 4) is 0 Å². The monoisotopic (exact) mass is 235 g/mol. The molecule has 2 aliphatic rings. The minimum absolute atomic E-state index is 0.0669. The van der Waals surface area contributed by atoms with Crippen molar-refractivity contribution >= 4 is 11.9 Å². The number of amides is 1. The highest BCUT2D eigenvalue weighted by Gasteiger charge is 2.51. The van der Waals surface area contributed by atoms with Gasteiger partial charge in [-0.1, -0.05) is 19.1 Å². The first kappa shape index (κ1) is 11.9. The number of nitrogens with zero attached hydrogens (tertiary/aromatic N) is 1. The van der Waals surface area contributed by atoms with Gasteiger partial charge in [-0.15, -0.1) is 0 Å². The van der Waals surface area contributed by atoms with Crippen LogP contribution in [-0.4, -0.2) is 30.9 Å². The molecule has 0 aromatic carbocycles. The maximum Gasteiger partial charge on any atom is 0.330 e. The van der Waals surface area contributed by atoms with Gasteiger partial charge in [0.05, 0.1) is 7.11 Å². The number of ether oxygens (including phenoxy) is 1. The maximum atomic E-state index is 11.9. The molecule has 4 heteroatoms. The summed E-state index contributed by atoms with van der Waals surface area (Å²) in [6, 6.07) is 0. The molecule has 0 radical (unpaired) electrons. The van der Waals surface area contributed by atoms with E-state index in [9.17, 15) is 9.59 Å². The number of methoxy groups -OCH3 is 1. The van der Waals surface area contributed by atoms with Gasteiger partial charge in [-0.2, -0.15) is 0 Å². The summed E-state index contributed by atoms with van der Waals surface area (Å²) in [6.07, 6.45) is 7.18. The molecular weight excluding hydrogens is 218 g/mol. The van der Waals surface area contributed by atoms with E-state index in [1.54, 1.807) is 11.9 Å². The smallest absolute Gasteiger partial charge is 0.330 e.